The van der Waals surface area contributed by atoms with Crippen LogP contribution in [-0.4, -0.2) is 17.2 Å². The molecule has 0 fully saturated rings. The van der Waals surface area contributed by atoms with Crippen molar-refractivity contribution in [2.24, 2.45) is 10.7 Å². The van der Waals surface area contributed by atoms with Crippen LogP contribution in [0.25, 0.3) is 0 Å². The lowest BCUT2D eigenvalue weighted by molar-refractivity contribution is -0.380. The summed E-state index contributed by atoms with van der Waals surface area (Å²) in [6.07, 6.45) is 6.39. The van der Waals surface area contributed by atoms with Crippen LogP contribution < -0.4 is 5.73 Å². The lowest BCUT2D eigenvalue weighted by Gasteiger charge is -2.18. The second-order valence-electron chi connectivity index (χ2n) is 3.93. The topological polar surface area (TPSA) is 90.8 Å². The standard InChI is InChI=1S/C12H13N3O3S/c1-8(11-4-5-12(19-11)15(16)17)18-10-7-14-6-2-3-9(10)13/h2-9H,13H2,1H3. The van der Waals surface area contributed by atoms with Crippen molar-refractivity contribution in [3.8, 4) is 0 Å². The summed E-state index contributed by atoms with van der Waals surface area (Å²) in [6, 6.07) is 2.80. The number of nitrogens with two attached hydrogens (primary N) is 1. The number of ether oxygens (including phenoxy) is 1. The molecule has 2 heterocycles. The van der Waals surface area contributed by atoms with E-state index in [0.717, 1.165) is 16.2 Å². The maximum atomic E-state index is 10.6. The molecule has 2 unspecified atom stereocenters. The second-order valence-corrected chi connectivity index (χ2v) is 5.03. The molecule has 6 nitrogen and oxygen atoms in total. The molecular formula is C12H13N3O3S. The molecule has 100 valence electrons. The zero-order chi connectivity index (χ0) is 13.8. The van der Waals surface area contributed by atoms with Gasteiger partial charge in [-0.25, -0.2) is 0 Å². The van der Waals surface area contributed by atoms with Gasteiger partial charge in [0, 0.05) is 12.3 Å². The zero-order valence-corrected chi connectivity index (χ0v) is 11.0. The van der Waals surface area contributed by atoms with Gasteiger partial charge in [-0.1, -0.05) is 17.4 Å². The molecule has 0 saturated carbocycles. The Morgan fingerprint density at radius 2 is 2.37 bits per heavy atom. The fourth-order valence-electron chi connectivity index (χ4n) is 1.55. The lowest BCUT2D eigenvalue weighted by Crippen LogP contribution is -2.22. The monoisotopic (exact) mass is 279 g/mol. The van der Waals surface area contributed by atoms with E-state index < -0.39 is 4.92 Å². The van der Waals surface area contributed by atoms with Gasteiger partial charge in [0.25, 0.3) is 0 Å². The minimum Gasteiger partial charge on any atom is -0.486 e. The van der Waals surface area contributed by atoms with E-state index in [1.54, 1.807) is 30.6 Å². The highest BCUT2D eigenvalue weighted by molar-refractivity contribution is 7.15. The van der Waals surface area contributed by atoms with E-state index in [0.29, 0.717) is 5.76 Å². The van der Waals surface area contributed by atoms with Crippen molar-refractivity contribution in [3.05, 3.63) is 51.2 Å². The van der Waals surface area contributed by atoms with Crippen molar-refractivity contribution in [3.63, 3.8) is 0 Å². The molecule has 1 aliphatic rings. The van der Waals surface area contributed by atoms with E-state index in [9.17, 15) is 10.1 Å². The van der Waals surface area contributed by atoms with E-state index in [-0.39, 0.29) is 17.1 Å². The normalized spacial score (nSPS) is 19.7. The molecule has 0 aromatic carbocycles. The van der Waals surface area contributed by atoms with Crippen molar-refractivity contribution in [1.29, 1.82) is 0 Å². The smallest absolute Gasteiger partial charge is 0.324 e. The molecule has 0 saturated heterocycles. The number of allylic oxidation sites excluding steroid dienone is 1. The third kappa shape index (κ3) is 3.27. The summed E-state index contributed by atoms with van der Waals surface area (Å²) >= 11 is 1.10. The van der Waals surface area contributed by atoms with Gasteiger partial charge < -0.3 is 10.5 Å². The summed E-state index contributed by atoms with van der Waals surface area (Å²) in [7, 11) is 0. The highest BCUT2D eigenvalue weighted by Crippen LogP contribution is 2.32. The van der Waals surface area contributed by atoms with Gasteiger partial charge in [-0.2, -0.15) is 0 Å². The van der Waals surface area contributed by atoms with Gasteiger partial charge in [0.1, 0.15) is 11.9 Å². The van der Waals surface area contributed by atoms with Gasteiger partial charge in [0.05, 0.1) is 22.0 Å². The number of thiophene rings is 1. The Kier molecular flexibility index (Phi) is 4.08. The summed E-state index contributed by atoms with van der Waals surface area (Å²) in [4.78, 5) is 15.0. The number of nitro groups is 1. The van der Waals surface area contributed by atoms with Crippen LogP contribution in [0, 0.1) is 10.1 Å². The van der Waals surface area contributed by atoms with Crippen molar-refractivity contribution in [1.82, 2.24) is 0 Å². The van der Waals surface area contributed by atoms with Gasteiger partial charge in [0.2, 0.25) is 0 Å². The third-order valence-corrected chi connectivity index (χ3v) is 3.72. The molecule has 0 spiro atoms. The fourth-order valence-corrected chi connectivity index (χ4v) is 2.35. The average molecular weight is 279 g/mol. The Morgan fingerprint density at radius 1 is 1.58 bits per heavy atom. The predicted molar refractivity (Wildman–Crippen MR) is 74.2 cm³/mol. The molecule has 0 aliphatic carbocycles. The van der Waals surface area contributed by atoms with Crippen LogP contribution in [0.4, 0.5) is 5.00 Å². The van der Waals surface area contributed by atoms with Crippen LogP contribution in [-0.2, 0) is 4.74 Å². The Balaban J connectivity index is 2.09. The highest BCUT2D eigenvalue weighted by atomic mass is 32.1. The number of rotatable bonds is 4. The molecule has 0 amide bonds. The molecule has 0 radical (unpaired) electrons. The highest BCUT2D eigenvalue weighted by Gasteiger charge is 2.18. The maximum absolute atomic E-state index is 10.6. The number of hydrogen-bond acceptors (Lipinski definition) is 6. The molecule has 2 rings (SSSR count). The Bertz CT molecular complexity index is 562. The van der Waals surface area contributed by atoms with Crippen LogP contribution >= 0.6 is 11.3 Å². The van der Waals surface area contributed by atoms with Gasteiger partial charge in [0.15, 0.2) is 0 Å². The molecular weight excluding hydrogens is 266 g/mol. The largest absolute Gasteiger partial charge is 0.486 e. The SMILES string of the molecule is CC(OC1=CN=CC=CC1N)c1ccc([N+](=O)[O-])s1. The fraction of sp³-hybridized carbons (Fsp3) is 0.250. The number of hydrogen-bond donors (Lipinski definition) is 1. The minimum absolute atomic E-state index is 0.0995. The Morgan fingerprint density at radius 3 is 3.05 bits per heavy atom. The molecule has 2 N–H and O–H groups in total. The van der Waals surface area contributed by atoms with E-state index >= 15 is 0 Å². The van der Waals surface area contributed by atoms with Crippen molar-refractivity contribution < 1.29 is 9.66 Å². The molecule has 19 heavy (non-hydrogen) atoms. The van der Waals surface area contributed by atoms with E-state index in [2.05, 4.69) is 4.99 Å². The van der Waals surface area contributed by atoms with Crippen molar-refractivity contribution in [2.75, 3.05) is 0 Å². The molecule has 7 heteroatoms. The molecule has 1 aromatic heterocycles. The summed E-state index contributed by atoms with van der Waals surface area (Å²) < 4.78 is 5.72. The van der Waals surface area contributed by atoms with Crippen LogP contribution in [0.2, 0.25) is 0 Å². The van der Waals surface area contributed by atoms with Gasteiger partial charge in [-0.15, -0.1) is 0 Å². The third-order valence-electron chi connectivity index (χ3n) is 2.53. The molecule has 1 aliphatic heterocycles. The molecule has 0 bridgehead atoms. The first-order chi connectivity index (χ1) is 9.08. The second kappa shape index (κ2) is 5.77. The average Bonchev–Trinajstić information content (AvgIpc) is 2.78. The van der Waals surface area contributed by atoms with E-state index in [1.807, 2.05) is 6.92 Å². The van der Waals surface area contributed by atoms with Crippen LogP contribution in [0.1, 0.15) is 17.9 Å². The quantitative estimate of drug-likeness (QED) is 0.677. The van der Waals surface area contributed by atoms with Crippen molar-refractivity contribution >= 4 is 22.6 Å². The van der Waals surface area contributed by atoms with Gasteiger partial charge in [-0.05, 0) is 19.1 Å². The van der Waals surface area contributed by atoms with Crippen LogP contribution in [0.15, 0.2) is 41.2 Å². The maximum Gasteiger partial charge on any atom is 0.324 e. The minimum atomic E-state index is -0.412. The van der Waals surface area contributed by atoms with Gasteiger partial charge in [-0.3, -0.25) is 15.1 Å². The summed E-state index contributed by atoms with van der Waals surface area (Å²) in [5, 5.41) is 10.7. The summed E-state index contributed by atoms with van der Waals surface area (Å²) in [5.41, 5.74) is 5.89. The van der Waals surface area contributed by atoms with Gasteiger partial charge >= 0.3 is 5.00 Å². The number of aliphatic imine (C=N–C) groups is 1. The van der Waals surface area contributed by atoms with E-state index in [1.165, 1.54) is 6.07 Å². The van der Waals surface area contributed by atoms with Crippen LogP contribution in [0.3, 0.4) is 0 Å². The first kappa shape index (κ1) is 13.4. The zero-order valence-electron chi connectivity index (χ0n) is 10.2. The van der Waals surface area contributed by atoms with E-state index in [4.69, 9.17) is 10.5 Å². The predicted octanol–water partition coefficient (Wildman–Crippen LogP) is 2.54. The molecule has 1 aromatic rings. The lowest BCUT2D eigenvalue weighted by atomic mass is 10.2. The molecule has 2 atom stereocenters. The number of nitrogens with zero attached hydrogens (tertiary/aromatic N) is 2. The first-order valence-corrected chi connectivity index (χ1v) is 6.46. The summed E-state index contributed by atoms with van der Waals surface area (Å²) in [6.45, 7) is 1.82. The Hall–Kier alpha value is -1.99. The Labute approximate surface area is 114 Å². The van der Waals surface area contributed by atoms with Crippen LogP contribution in [0.5, 0.6) is 0 Å². The van der Waals surface area contributed by atoms with Crippen molar-refractivity contribution in [2.45, 2.75) is 19.1 Å². The summed E-state index contributed by atoms with van der Waals surface area (Å²) in [5.74, 6) is 0.536. The first-order valence-electron chi connectivity index (χ1n) is 5.64.